The Labute approximate surface area is 199 Å². The molecule has 1 saturated heterocycles. The molecule has 0 spiro atoms. The average Bonchev–Trinajstić information content (AvgIpc) is 3.33. The fourth-order valence-corrected chi connectivity index (χ4v) is 5.53. The van der Waals surface area contributed by atoms with E-state index in [1.165, 1.54) is 6.33 Å². The number of nitrogens with one attached hydrogen (secondary N) is 2. The monoisotopic (exact) mass is 485 g/mol. The average molecular weight is 486 g/mol. The topological polar surface area (TPSA) is 115 Å². The quantitative estimate of drug-likeness (QED) is 0.383. The zero-order chi connectivity index (χ0) is 22.8. The number of hydrogen-bond donors (Lipinski definition) is 2. The van der Waals surface area contributed by atoms with Gasteiger partial charge < -0.3 is 19.6 Å². The first-order valence-electron chi connectivity index (χ1n) is 10.8. The molecular weight excluding hydrogens is 462 g/mol. The van der Waals surface area contributed by atoms with Crippen molar-refractivity contribution in [3.8, 4) is 0 Å². The van der Waals surface area contributed by atoms with Gasteiger partial charge in [-0.3, -0.25) is 4.90 Å². The van der Waals surface area contributed by atoms with Gasteiger partial charge in [0.25, 0.3) is 5.03 Å². The standard InChI is InChI=1S/C22H24ClN7O2S/c1-14(28-21-19-20(25-12-24-19)26-13-27-21)17-11-15-3-2-4-16(23)18(15)22(29-17)33(31)10-7-30-5-8-32-9-6-30/h2-4,11-14H,5-10H2,1H3,(H2,24,25,26,27,28)/t14-,33?/m0/s1. The molecule has 1 aliphatic rings. The van der Waals surface area contributed by atoms with E-state index in [4.69, 9.17) is 21.3 Å². The summed E-state index contributed by atoms with van der Waals surface area (Å²) in [6, 6.07) is 7.44. The van der Waals surface area contributed by atoms with E-state index >= 15 is 0 Å². The molecule has 33 heavy (non-hydrogen) atoms. The Balaban J connectivity index is 1.44. The second kappa shape index (κ2) is 9.78. The van der Waals surface area contributed by atoms with E-state index in [9.17, 15) is 4.55 Å². The van der Waals surface area contributed by atoms with E-state index in [2.05, 4.69) is 30.2 Å². The summed E-state index contributed by atoms with van der Waals surface area (Å²) >= 11 is 5.22. The van der Waals surface area contributed by atoms with Crippen molar-refractivity contribution in [3.63, 3.8) is 0 Å². The number of ether oxygens (including phenoxy) is 1. The van der Waals surface area contributed by atoms with Crippen LogP contribution in [0.2, 0.25) is 5.02 Å². The highest BCUT2D eigenvalue weighted by atomic mass is 35.5. The number of benzene rings is 1. The van der Waals surface area contributed by atoms with Crippen LogP contribution in [0.4, 0.5) is 5.82 Å². The van der Waals surface area contributed by atoms with Crippen LogP contribution >= 0.6 is 11.6 Å². The summed E-state index contributed by atoms with van der Waals surface area (Å²) in [6.45, 7) is 5.84. The van der Waals surface area contributed by atoms with Crippen molar-refractivity contribution in [2.24, 2.45) is 0 Å². The van der Waals surface area contributed by atoms with Gasteiger partial charge in [0, 0.05) is 30.8 Å². The fourth-order valence-electron chi connectivity index (χ4n) is 3.92. The van der Waals surface area contributed by atoms with Gasteiger partial charge in [-0.25, -0.2) is 19.9 Å². The number of aromatic amines is 1. The van der Waals surface area contributed by atoms with Crippen LogP contribution in [0.1, 0.15) is 18.7 Å². The lowest BCUT2D eigenvalue weighted by atomic mass is 10.1. The van der Waals surface area contributed by atoms with E-state index in [-0.39, 0.29) is 6.04 Å². The second-order valence-electron chi connectivity index (χ2n) is 7.88. The van der Waals surface area contributed by atoms with Crippen molar-refractivity contribution < 1.29 is 9.29 Å². The van der Waals surface area contributed by atoms with Crippen LogP contribution in [0.25, 0.3) is 21.9 Å². The molecule has 0 amide bonds. The summed E-state index contributed by atoms with van der Waals surface area (Å²) in [5, 5.41) is 6.08. The molecule has 1 unspecified atom stereocenters. The van der Waals surface area contributed by atoms with E-state index in [0.29, 0.717) is 46.0 Å². The lowest BCUT2D eigenvalue weighted by Gasteiger charge is -2.26. The number of nitrogens with zero attached hydrogens (tertiary/aromatic N) is 5. The molecule has 0 saturated carbocycles. The van der Waals surface area contributed by atoms with Gasteiger partial charge in [-0.1, -0.05) is 23.7 Å². The predicted octanol–water partition coefficient (Wildman–Crippen LogP) is 3.17. The van der Waals surface area contributed by atoms with Crippen molar-refractivity contribution in [3.05, 3.63) is 47.6 Å². The summed E-state index contributed by atoms with van der Waals surface area (Å²) in [5.74, 6) is 1.09. The molecule has 4 heterocycles. The third-order valence-corrected chi connectivity index (χ3v) is 7.32. The Morgan fingerprint density at radius 2 is 2.12 bits per heavy atom. The summed E-state index contributed by atoms with van der Waals surface area (Å²) in [6.07, 6.45) is 3.07. The fraction of sp³-hybridized carbons (Fsp3) is 0.364. The molecule has 5 rings (SSSR count). The van der Waals surface area contributed by atoms with Crippen LogP contribution in [-0.4, -0.2) is 73.0 Å². The second-order valence-corrected chi connectivity index (χ2v) is 9.78. The number of H-pyrrole nitrogens is 1. The van der Waals surface area contributed by atoms with Crippen molar-refractivity contribution >= 4 is 50.5 Å². The van der Waals surface area contributed by atoms with E-state index in [1.807, 2.05) is 31.2 Å². The van der Waals surface area contributed by atoms with Crippen LogP contribution in [0.3, 0.4) is 0 Å². The van der Waals surface area contributed by atoms with E-state index in [1.54, 1.807) is 6.33 Å². The van der Waals surface area contributed by atoms with Gasteiger partial charge in [0.2, 0.25) is 0 Å². The van der Waals surface area contributed by atoms with Gasteiger partial charge >= 0.3 is 0 Å². The lowest BCUT2D eigenvalue weighted by molar-refractivity contribution is 0.0408. The highest BCUT2D eigenvalue weighted by molar-refractivity contribution is 7.91. The third-order valence-electron chi connectivity index (χ3n) is 5.72. The summed E-state index contributed by atoms with van der Waals surface area (Å²) in [7, 11) is 0. The van der Waals surface area contributed by atoms with Gasteiger partial charge in [-0.2, -0.15) is 0 Å². The lowest BCUT2D eigenvalue weighted by Crippen LogP contribution is -2.39. The van der Waals surface area contributed by atoms with Gasteiger partial charge in [0.15, 0.2) is 11.5 Å². The number of rotatable bonds is 7. The zero-order valence-corrected chi connectivity index (χ0v) is 19.7. The molecule has 2 N–H and O–H groups in total. The minimum absolute atomic E-state index is 0.210. The summed E-state index contributed by atoms with van der Waals surface area (Å²) in [4.78, 5) is 22.9. The maximum atomic E-state index is 13.4. The molecule has 9 nitrogen and oxygen atoms in total. The summed E-state index contributed by atoms with van der Waals surface area (Å²) < 4.78 is 18.8. The molecule has 1 aliphatic heterocycles. The van der Waals surface area contributed by atoms with Crippen molar-refractivity contribution in [2.75, 3.05) is 43.9 Å². The molecule has 11 heteroatoms. The SMILES string of the molecule is C[C@H](Nc1ncnc2[nH]cnc12)c1cc2cccc(Cl)c2c([S+]([O-])CCN2CCOCC2)n1. The van der Waals surface area contributed by atoms with Crippen molar-refractivity contribution in [1.82, 2.24) is 29.8 Å². The number of anilines is 1. The minimum Gasteiger partial charge on any atom is -0.610 e. The third kappa shape index (κ3) is 4.75. The normalized spacial score (nSPS) is 16.8. The largest absolute Gasteiger partial charge is 0.610 e. The highest BCUT2D eigenvalue weighted by Gasteiger charge is 2.24. The number of halogens is 1. The minimum atomic E-state index is -1.31. The van der Waals surface area contributed by atoms with Crippen LogP contribution in [0.5, 0.6) is 0 Å². The Kier molecular flexibility index (Phi) is 6.61. The molecule has 4 aromatic rings. The first-order chi connectivity index (χ1) is 16.1. The highest BCUT2D eigenvalue weighted by Crippen LogP contribution is 2.32. The number of fused-ring (bicyclic) bond motifs is 2. The van der Waals surface area contributed by atoms with Crippen LogP contribution in [0.15, 0.2) is 41.9 Å². The Morgan fingerprint density at radius 1 is 1.27 bits per heavy atom. The predicted molar refractivity (Wildman–Crippen MR) is 129 cm³/mol. The van der Waals surface area contributed by atoms with Gasteiger partial charge in [0.1, 0.15) is 17.6 Å². The maximum absolute atomic E-state index is 13.4. The number of hydrogen-bond acceptors (Lipinski definition) is 8. The first-order valence-corrected chi connectivity index (χ1v) is 12.5. The molecule has 172 valence electrons. The molecule has 1 aromatic carbocycles. The Morgan fingerprint density at radius 3 is 2.97 bits per heavy atom. The molecule has 2 atom stereocenters. The summed E-state index contributed by atoms with van der Waals surface area (Å²) in [5.41, 5.74) is 2.06. The van der Waals surface area contributed by atoms with Gasteiger partial charge in [0.05, 0.1) is 41.7 Å². The number of morpholine rings is 1. The molecule has 0 radical (unpaired) electrons. The Hall–Kier alpha value is -2.50. The molecule has 3 aromatic heterocycles. The van der Waals surface area contributed by atoms with Crippen molar-refractivity contribution in [1.29, 1.82) is 0 Å². The molecule has 0 bridgehead atoms. The zero-order valence-electron chi connectivity index (χ0n) is 18.1. The Bertz CT molecular complexity index is 1260. The van der Waals surface area contributed by atoms with E-state index in [0.717, 1.165) is 36.1 Å². The maximum Gasteiger partial charge on any atom is 0.254 e. The molecule has 0 aliphatic carbocycles. The number of imidazole rings is 1. The smallest absolute Gasteiger partial charge is 0.254 e. The number of pyridine rings is 1. The molecular formula is C22H24ClN7O2S. The van der Waals surface area contributed by atoms with Crippen molar-refractivity contribution in [2.45, 2.75) is 18.0 Å². The first kappa shape index (κ1) is 22.3. The van der Waals surface area contributed by atoms with Crippen LogP contribution < -0.4 is 5.32 Å². The molecule has 1 fully saturated rings. The van der Waals surface area contributed by atoms with Gasteiger partial charge in [-0.05, 0) is 24.4 Å². The van der Waals surface area contributed by atoms with Crippen LogP contribution in [0, 0.1) is 0 Å². The number of aromatic nitrogens is 5. The van der Waals surface area contributed by atoms with Gasteiger partial charge in [-0.15, -0.1) is 0 Å². The van der Waals surface area contributed by atoms with E-state index < -0.39 is 11.2 Å². The van der Waals surface area contributed by atoms with Crippen LogP contribution in [-0.2, 0) is 15.9 Å².